The first-order valence-electron chi connectivity index (χ1n) is 7.47. The van der Waals surface area contributed by atoms with Crippen LogP contribution in [0.1, 0.15) is 57.3 Å². The van der Waals surface area contributed by atoms with Crippen LogP contribution in [0.4, 0.5) is 0 Å². The van der Waals surface area contributed by atoms with Gasteiger partial charge in [-0.2, -0.15) is 5.26 Å². The van der Waals surface area contributed by atoms with Gasteiger partial charge in [-0.25, -0.2) is 8.42 Å². The van der Waals surface area contributed by atoms with E-state index in [1.54, 1.807) is 11.5 Å². The molecule has 0 aliphatic heterocycles. The highest BCUT2D eigenvalue weighted by atomic mass is 32.2. The van der Waals surface area contributed by atoms with E-state index < -0.39 is 9.84 Å². The molecule has 1 aromatic rings. The highest BCUT2D eigenvalue weighted by Gasteiger charge is 2.29. The zero-order valence-corrected chi connectivity index (χ0v) is 13.4. The number of hydrogen-bond acceptors (Lipinski definition) is 5. The van der Waals surface area contributed by atoms with Crippen molar-refractivity contribution in [1.82, 2.24) is 14.8 Å². The number of rotatable bonds is 5. The summed E-state index contributed by atoms with van der Waals surface area (Å²) in [5, 5.41) is 16.5. The van der Waals surface area contributed by atoms with Crippen molar-refractivity contribution in [3.8, 4) is 6.07 Å². The number of aryl methyl sites for hydroxylation is 1. The van der Waals surface area contributed by atoms with Crippen LogP contribution in [-0.4, -0.2) is 28.9 Å². The Hall–Kier alpha value is -1.42. The number of nitriles is 1. The third kappa shape index (κ3) is 3.62. The minimum atomic E-state index is -3.47. The molecule has 0 bridgehead atoms. The first-order chi connectivity index (χ1) is 9.95. The molecule has 0 amide bonds. The average molecular weight is 310 g/mol. The second-order valence-electron chi connectivity index (χ2n) is 5.91. The van der Waals surface area contributed by atoms with Gasteiger partial charge in [-0.1, -0.05) is 19.8 Å². The molecule has 1 saturated carbocycles. The molecule has 6 nitrogen and oxygen atoms in total. The summed E-state index contributed by atoms with van der Waals surface area (Å²) in [6, 6.07) is 2.14. The molecule has 0 aromatic carbocycles. The van der Waals surface area contributed by atoms with Gasteiger partial charge in [-0.3, -0.25) is 4.57 Å². The smallest absolute Gasteiger partial charge is 0.249 e. The summed E-state index contributed by atoms with van der Waals surface area (Å²) >= 11 is 0. The molecule has 2 rings (SSSR count). The summed E-state index contributed by atoms with van der Waals surface area (Å²) in [6.07, 6.45) is 4.83. The highest BCUT2D eigenvalue weighted by Crippen LogP contribution is 2.34. The fourth-order valence-corrected chi connectivity index (χ4v) is 4.50. The van der Waals surface area contributed by atoms with E-state index in [1.807, 2.05) is 6.07 Å². The van der Waals surface area contributed by atoms with Gasteiger partial charge < -0.3 is 0 Å². The minimum absolute atomic E-state index is 0.0407. The van der Waals surface area contributed by atoms with Gasteiger partial charge in [0.1, 0.15) is 5.82 Å². The van der Waals surface area contributed by atoms with E-state index in [4.69, 9.17) is 5.26 Å². The van der Waals surface area contributed by atoms with Crippen LogP contribution in [0.25, 0.3) is 0 Å². The standard InChI is InChI=1S/C14H22N4O2S/c1-11-6-5-7-13(10-11)18-12(2)16-17-14(18)21(19,20)9-4-3-8-15/h11,13H,3-7,9-10H2,1-2H3/t11-,13+/m0/s1. The lowest BCUT2D eigenvalue weighted by Gasteiger charge is -2.29. The van der Waals surface area contributed by atoms with E-state index in [1.165, 1.54) is 6.42 Å². The molecule has 1 fully saturated rings. The maximum absolute atomic E-state index is 12.4. The van der Waals surface area contributed by atoms with Crippen LogP contribution in [0.3, 0.4) is 0 Å². The molecule has 0 saturated heterocycles. The van der Waals surface area contributed by atoms with Gasteiger partial charge >= 0.3 is 0 Å². The zero-order valence-electron chi connectivity index (χ0n) is 12.6. The molecule has 1 aliphatic rings. The van der Waals surface area contributed by atoms with Crippen LogP contribution < -0.4 is 0 Å². The fourth-order valence-electron chi connectivity index (χ4n) is 3.05. The SMILES string of the molecule is Cc1nnc(S(=O)(=O)CCCC#N)n1[C@@H]1CCC[C@H](C)C1. The van der Waals surface area contributed by atoms with Gasteiger partial charge in [0.2, 0.25) is 15.0 Å². The Labute approximate surface area is 126 Å². The minimum Gasteiger partial charge on any atom is -0.299 e. The quantitative estimate of drug-likeness (QED) is 0.779. The van der Waals surface area contributed by atoms with E-state index >= 15 is 0 Å². The number of aromatic nitrogens is 3. The van der Waals surface area contributed by atoms with Crippen molar-refractivity contribution >= 4 is 9.84 Å². The fraction of sp³-hybridized carbons (Fsp3) is 0.786. The second-order valence-corrected chi connectivity index (χ2v) is 7.91. The maximum atomic E-state index is 12.4. The summed E-state index contributed by atoms with van der Waals surface area (Å²) in [7, 11) is -3.47. The van der Waals surface area contributed by atoms with Crippen molar-refractivity contribution in [3.05, 3.63) is 5.82 Å². The van der Waals surface area contributed by atoms with Crippen molar-refractivity contribution in [2.45, 2.75) is 63.6 Å². The monoisotopic (exact) mass is 310 g/mol. The van der Waals surface area contributed by atoms with Crippen molar-refractivity contribution in [2.75, 3.05) is 5.75 Å². The summed E-state index contributed by atoms with van der Waals surface area (Å²) < 4.78 is 26.7. The predicted molar refractivity (Wildman–Crippen MR) is 78.3 cm³/mol. The van der Waals surface area contributed by atoms with Crippen LogP contribution in [0, 0.1) is 24.2 Å². The van der Waals surface area contributed by atoms with Crippen LogP contribution in [0.5, 0.6) is 0 Å². The Balaban J connectivity index is 2.27. The maximum Gasteiger partial charge on any atom is 0.249 e. The Kier molecular flexibility index (Phi) is 4.99. The van der Waals surface area contributed by atoms with Crippen LogP contribution in [-0.2, 0) is 9.84 Å². The molecule has 1 heterocycles. The molecule has 0 spiro atoms. The molecular formula is C14H22N4O2S. The van der Waals surface area contributed by atoms with Crippen LogP contribution in [0.2, 0.25) is 0 Å². The van der Waals surface area contributed by atoms with Gasteiger partial charge in [-0.15, -0.1) is 10.2 Å². The van der Waals surface area contributed by atoms with Crippen molar-refractivity contribution < 1.29 is 8.42 Å². The van der Waals surface area contributed by atoms with Crippen molar-refractivity contribution in [3.63, 3.8) is 0 Å². The Morgan fingerprint density at radius 2 is 2.14 bits per heavy atom. The van der Waals surface area contributed by atoms with E-state index in [0.717, 1.165) is 19.3 Å². The zero-order chi connectivity index (χ0) is 15.5. The van der Waals surface area contributed by atoms with Crippen LogP contribution in [0.15, 0.2) is 5.16 Å². The summed E-state index contributed by atoms with van der Waals surface area (Å²) in [6.45, 7) is 4.01. The molecule has 1 aliphatic carbocycles. The van der Waals surface area contributed by atoms with E-state index in [9.17, 15) is 8.42 Å². The first kappa shape index (κ1) is 16.0. The first-order valence-corrected chi connectivity index (χ1v) is 9.12. The predicted octanol–water partition coefficient (Wildman–Crippen LogP) is 2.42. The van der Waals surface area contributed by atoms with Gasteiger partial charge in [-0.05, 0) is 32.1 Å². The normalized spacial score (nSPS) is 22.9. The molecule has 21 heavy (non-hydrogen) atoms. The van der Waals surface area contributed by atoms with Gasteiger partial charge in [0.25, 0.3) is 0 Å². The lowest BCUT2D eigenvalue weighted by atomic mass is 9.87. The van der Waals surface area contributed by atoms with Crippen molar-refractivity contribution in [2.24, 2.45) is 5.92 Å². The molecule has 2 atom stereocenters. The molecular weight excluding hydrogens is 288 g/mol. The molecule has 7 heteroatoms. The number of unbranched alkanes of at least 4 members (excludes halogenated alkanes) is 1. The van der Waals surface area contributed by atoms with Crippen molar-refractivity contribution in [1.29, 1.82) is 5.26 Å². The molecule has 116 valence electrons. The summed E-state index contributed by atoms with van der Waals surface area (Å²) in [5.41, 5.74) is 0. The van der Waals surface area contributed by atoms with E-state index in [2.05, 4.69) is 17.1 Å². The van der Waals surface area contributed by atoms with Gasteiger partial charge in [0.05, 0.1) is 11.8 Å². The molecule has 0 N–H and O–H groups in total. The molecule has 0 unspecified atom stereocenters. The third-order valence-electron chi connectivity index (χ3n) is 4.09. The number of sulfone groups is 1. The average Bonchev–Trinajstić information content (AvgIpc) is 2.81. The lowest BCUT2D eigenvalue weighted by molar-refractivity contribution is 0.267. The van der Waals surface area contributed by atoms with E-state index in [-0.39, 0.29) is 23.4 Å². The number of nitrogens with zero attached hydrogens (tertiary/aromatic N) is 4. The van der Waals surface area contributed by atoms with Gasteiger partial charge in [0, 0.05) is 12.5 Å². The highest BCUT2D eigenvalue weighted by molar-refractivity contribution is 7.91. The summed E-state index contributed by atoms with van der Waals surface area (Å²) in [5.74, 6) is 1.22. The third-order valence-corrected chi connectivity index (χ3v) is 5.75. The van der Waals surface area contributed by atoms with Gasteiger partial charge in [0.15, 0.2) is 0 Å². The Morgan fingerprint density at radius 1 is 1.38 bits per heavy atom. The second kappa shape index (κ2) is 6.56. The largest absolute Gasteiger partial charge is 0.299 e. The lowest BCUT2D eigenvalue weighted by Crippen LogP contribution is -2.23. The van der Waals surface area contributed by atoms with E-state index in [0.29, 0.717) is 18.2 Å². The topological polar surface area (TPSA) is 88.6 Å². The summed E-state index contributed by atoms with van der Waals surface area (Å²) in [4.78, 5) is 0. The molecule has 0 radical (unpaired) electrons. The Morgan fingerprint density at radius 3 is 2.81 bits per heavy atom. The Bertz CT molecular complexity index is 630. The number of hydrogen-bond donors (Lipinski definition) is 0. The van der Waals surface area contributed by atoms with Crippen LogP contribution >= 0.6 is 0 Å². The molecule has 1 aromatic heterocycles.